The van der Waals surface area contributed by atoms with Crippen molar-refractivity contribution >= 4 is 17.7 Å². The highest BCUT2D eigenvalue weighted by molar-refractivity contribution is 6.18. The lowest BCUT2D eigenvalue weighted by Crippen LogP contribution is -2.36. The van der Waals surface area contributed by atoms with Gasteiger partial charge in [-0.15, -0.1) is 11.6 Å². The van der Waals surface area contributed by atoms with Crippen LogP contribution in [0, 0.1) is 5.82 Å². The number of hydrogen-bond donors (Lipinski definition) is 0. The van der Waals surface area contributed by atoms with Crippen LogP contribution in [0.3, 0.4) is 0 Å². The molecule has 0 unspecified atom stereocenters. The molecule has 7 heteroatoms. The summed E-state index contributed by atoms with van der Waals surface area (Å²) >= 11 is 5.50. The van der Waals surface area contributed by atoms with E-state index in [0.29, 0.717) is 31.0 Å². The first kappa shape index (κ1) is 14.8. The van der Waals surface area contributed by atoms with Crippen LogP contribution in [0.5, 0.6) is 0 Å². The fourth-order valence-corrected chi connectivity index (χ4v) is 2.51. The van der Waals surface area contributed by atoms with E-state index in [2.05, 4.69) is 5.16 Å². The Kier molecular flexibility index (Phi) is 4.29. The van der Waals surface area contributed by atoms with Gasteiger partial charge in [0.1, 0.15) is 18.1 Å². The number of alkyl halides is 1. The molecule has 1 aliphatic rings. The molecule has 0 N–H and O–H groups in total. The van der Waals surface area contributed by atoms with Gasteiger partial charge in [0, 0.05) is 17.7 Å². The largest absolute Gasteiger partial charge is 0.448 e. The smallest absolute Gasteiger partial charge is 0.410 e. The molecular formula is C15H14ClFN2O3. The molecule has 116 valence electrons. The van der Waals surface area contributed by atoms with E-state index in [-0.39, 0.29) is 18.3 Å². The predicted octanol–water partition coefficient (Wildman–Crippen LogP) is 3.21. The van der Waals surface area contributed by atoms with Crippen LogP contribution >= 0.6 is 11.6 Å². The quantitative estimate of drug-likeness (QED) is 0.813. The van der Waals surface area contributed by atoms with E-state index in [0.717, 1.165) is 11.1 Å². The third-order valence-electron chi connectivity index (χ3n) is 3.51. The van der Waals surface area contributed by atoms with Gasteiger partial charge in [-0.25, -0.2) is 9.18 Å². The van der Waals surface area contributed by atoms with E-state index in [1.165, 1.54) is 12.1 Å². The molecule has 0 fully saturated rings. The van der Waals surface area contributed by atoms with Crippen molar-refractivity contribution in [2.24, 2.45) is 0 Å². The number of ether oxygens (including phenoxy) is 1. The van der Waals surface area contributed by atoms with E-state index in [9.17, 15) is 9.18 Å². The molecule has 1 amide bonds. The van der Waals surface area contributed by atoms with Crippen LogP contribution in [0.1, 0.15) is 11.3 Å². The number of nitrogens with zero attached hydrogens (tertiary/aromatic N) is 2. The van der Waals surface area contributed by atoms with Gasteiger partial charge in [-0.3, -0.25) is 0 Å². The third-order valence-corrected chi connectivity index (χ3v) is 3.66. The average molecular weight is 325 g/mol. The first-order chi connectivity index (χ1) is 10.7. The van der Waals surface area contributed by atoms with Crippen molar-refractivity contribution in [3.8, 4) is 11.3 Å². The van der Waals surface area contributed by atoms with Crippen molar-refractivity contribution in [3.63, 3.8) is 0 Å². The lowest BCUT2D eigenvalue weighted by atomic mass is 10.0. The minimum absolute atomic E-state index is 0.184. The number of benzene rings is 1. The number of amides is 1. The molecule has 3 rings (SSSR count). The van der Waals surface area contributed by atoms with Gasteiger partial charge in [-0.1, -0.05) is 5.16 Å². The molecule has 0 aliphatic carbocycles. The summed E-state index contributed by atoms with van der Waals surface area (Å²) in [7, 11) is 0. The molecule has 1 aliphatic heterocycles. The number of carbonyl (C=O) groups excluding carboxylic acids is 1. The second kappa shape index (κ2) is 6.36. The fourth-order valence-electron chi connectivity index (χ4n) is 2.43. The lowest BCUT2D eigenvalue weighted by Gasteiger charge is -2.25. The molecule has 22 heavy (non-hydrogen) atoms. The molecule has 0 radical (unpaired) electrons. The van der Waals surface area contributed by atoms with E-state index in [1.807, 2.05) is 0 Å². The molecule has 2 heterocycles. The second-order valence-electron chi connectivity index (χ2n) is 4.92. The lowest BCUT2D eigenvalue weighted by molar-refractivity contribution is 0.102. The minimum Gasteiger partial charge on any atom is -0.448 e. The highest BCUT2D eigenvalue weighted by Crippen LogP contribution is 2.30. The fraction of sp³-hybridized carbons (Fsp3) is 0.333. The molecule has 0 spiro atoms. The zero-order chi connectivity index (χ0) is 15.5. The summed E-state index contributed by atoms with van der Waals surface area (Å²) in [5.74, 6) is 0.595. The van der Waals surface area contributed by atoms with Gasteiger partial charge >= 0.3 is 6.09 Å². The van der Waals surface area contributed by atoms with Crippen LogP contribution in [0.25, 0.3) is 11.3 Å². The van der Waals surface area contributed by atoms with Crippen LogP contribution < -0.4 is 0 Å². The van der Waals surface area contributed by atoms with Crippen LogP contribution in [0.4, 0.5) is 9.18 Å². The zero-order valence-corrected chi connectivity index (χ0v) is 12.5. The molecule has 0 saturated heterocycles. The summed E-state index contributed by atoms with van der Waals surface area (Å²) in [6.07, 6.45) is 0.208. The summed E-state index contributed by atoms with van der Waals surface area (Å²) in [5.41, 5.74) is 2.43. The maximum Gasteiger partial charge on any atom is 0.410 e. The van der Waals surface area contributed by atoms with Gasteiger partial charge in [0.15, 0.2) is 5.76 Å². The summed E-state index contributed by atoms with van der Waals surface area (Å²) in [4.78, 5) is 13.4. The van der Waals surface area contributed by atoms with Gasteiger partial charge in [0.2, 0.25) is 0 Å². The Morgan fingerprint density at radius 2 is 2.18 bits per heavy atom. The van der Waals surface area contributed by atoms with Crippen molar-refractivity contribution in [2.75, 3.05) is 19.0 Å². The van der Waals surface area contributed by atoms with Crippen LogP contribution in [0.2, 0.25) is 0 Å². The van der Waals surface area contributed by atoms with E-state index >= 15 is 0 Å². The van der Waals surface area contributed by atoms with Gasteiger partial charge in [0.05, 0.1) is 12.4 Å². The first-order valence-corrected chi connectivity index (χ1v) is 7.43. The summed E-state index contributed by atoms with van der Waals surface area (Å²) in [5, 5.41) is 4.02. The Labute approximate surface area is 131 Å². The van der Waals surface area contributed by atoms with Gasteiger partial charge in [-0.2, -0.15) is 0 Å². The number of carbonyl (C=O) groups is 1. The van der Waals surface area contributed by atoms with E-state index in [4.69, 9.17) is 20.9 Å². The highest BCUT2D eigenvalue weighted by atomic mass is 35.5. The molecule has 0 saturated carbocycles. The second-order valence-corrected chi connectivity index (χ2v) is 5.30. The molecular weight excluding hydrogens is 311 g/mol. The number of hydrogen-bond acceptors (Lipinski definition) is 4. The van der Waals surface area contributed by atoms with Crippen molar-refractivity contribution < 1.29 is 18.4 Å². The van der Waals surface area contributed by atoms with E-state index < -0.39 is 6.09 Å². The zero-order valence-electron chi connectivity index (χ0n) is 11.7. The van der Waals surface area contributed by atoms with Crippen molar-refractivity contribution in [1.29, 1.82) is 0 Å². The number of rotatable bonds is 3. The number of halogens is 2. The minimum atomic E-state index is -0.405. The Morgan fingerprint density at radius 3 is 2.91 bits per heavy atom. The monoisotopic (exact) mass is 324 g/mol. The van der Waals surface area contributed by atoms with Gasteiger partial charge in [0.25, 0.3) is 0 Å². The molecule has 0 atom stereocenters. The maximum absolute atomic E-state index is 13.0. The molecule has 1 aromatic heterocycles. The average Bonchev–Trinajstić information content (AvgIpc) is 2.96. The van der Waals surface area contributed by atoms with Crippen LogP contribution in [-0.4, -0.2) is 35.2 Å². The summed E-state index contributed by atoms with van der Waals surface area (Å²) < 4.78 is 23.4. The predicted molar refractivity (Wildman–Crippen MR) is 78.1 cm³/mol. The van der Waals surface area contributed by atoms with Gasteiger partial charge < -0.3 is 14.2 Å². The van der Waals surface area contributed by atoms with Crippen LogP contribution in [0.15, 0.2) is 28.8 Å². The van der Waals surface area contributed by atoms with Crippen molar-refractivity contribution in [1.82, 2.24) is 10.1 Å². The standard InChI is InChI=1S/C15H14ClFN2O3/c16-6-8-21-15(20)19-7-5-12-13(9-19)18-22-14(12)10-1-3-11(17)4-2-10/h1-4H,5-9H2. The maximum atomic E-state index is 13.0. The Balaban J connectivity index is 1.77. The van der Waals surface area contributed by atoms with Gasteiger partial charge in [-0.05, 0) is 30.7 Å². The Morgan fingerprint density at radius 1 is 1.41 bits per heavy atom. The SMILES string of the molecule is O=C(OCCCl)N1CCc2c(noc2-c2ccc(F)cc2)C1. The van der Waals surface area contributed by atoms with E-state index in [1.54, 1.807) is 17.0 Å². The Hall–Kier alpha value is -2.08. The molecule has 0 bridgehead atoms. The molecule has 1 aromatic carbocycles. The first-order valence-electron chi connectivity index (χ1n) is 6.90. The summed E-state index contributed by atoms with van der Waals surface area (Å²) in [6, 6.07) is 6.06. The van der Waals surface area contributed by atoms with Crippen LogP contribution in [-0.2, 0) is 17.7 Å². The normalized spacial score (nSPS) is 13.8. The number of fused-ring (bicyclic) bond motifs is 1. The summed E-state index contributed by atoms with van der Waals surface area (Å²) in [6.45, 7) is 1.04. The number of aromatic nitrogens is 1. The van der Waals surface area contributed by atoms with Crippen molar-refractivity contribution in [2.45, 2.75) is 13.0 Å². The molecule has 2 aromatic rings. The van der Waals surface area contributed by atoms with Crippen molar-refractivity contribution in [3.05, 3.63) is 41.3 Å². The highest BCUT2D eigenvalue weighted by Gasteiger charge is 2.27. The topological polar surface area (TPSA) is 55.6 Å². The molecule has 5 nitrogen and oxygen atoms in total. The third kappa shape index (κ3) is 2.92. The Bertz CT molecular complexity index is 672.